The van der Waals surface area contributed by atoms with Gasteiger partial charge in [-0.25, -0.2) is 0 Å². The molecule has 2 N–H and O–H groups in total. The minimum Gasteiger partial charge on any atom is -0.321 e. The highest BCUT2D eigenvalue weighted by Gasteiger charge is 2.16. The molecule has 0 amide bonds. The number of fused-ring (bicyclic) bond motifs is 1. The lowest BCUT2D eigenvalue weighted by atomic mass is 10.0. The lowest BCUT2D eigenvalue weighted by Gasteiger charge is -2.12. The van der Waals surface area contributed by atoms with Crippen molar-refractivity contribution in [3.8, 4) is 0 Å². The van der Waals surface area contributed by atoms with Crippen LogP contribution in [-0.4, -0.2) is 19.2 Å². The maximum atomic E-state index is 11.8. The van der Waals surface area contributed by atoms with E-state index in [2.05, 4.69) is 24.0 Å². The van der Waals surface area contributed by atoms with Crippen molar-refractivity contribution < 1.29 is 0 Å². The van der Waals surface area contributed by atoms with E-state index in [0.717, 1.165) is 6.42 Å². The van der Waals surface area contributed by atoms with Gasteiger partial charge in [0, 0.05) is 19.4 Å². The first-order chi connectivity index (χ1) is 8.00. The molecular weight excluding hydrogens is 218 g/mol. The fourth-order valence-corrected chi connectivity index (χ4v) is 1.85. The number of rotatable bonds is 3. The molecule has 6 heteroatoms. The molecule has 2 rings (SSSR count). The second kappa shape index (κ2) is 4.29. The molecule has 0 fully saturated rings. The van der Waals surface area contributed by atoms with Gasteiger partial charge >= 0.3 is 0 Å². The smallest absolute Gasteiger partial charge is 0.295 e. The van der Waals surface area contributed by atoms with Crippen LogP contribution in [0, 0.1) is 5.92 Å². The van der Waals surface area contributed by atoms with Crippen LogP contribution in [0.5, 0.6) is 0 Å². The van der Waals surface area contributed by atoms with Crippen LogP contribution in [0.2, 0.25) is 0 Å². The maximum Gasteiger partial charge on any atom is 0.295 e. The molecule has 17 heavy (non-hydrogen) atoms. The summed E-state index contributed by atoms with van der Waals surface area (Å²) in [6, 6.07) is -0.197. The van der Waals surface area contributed by atoms with E-state index in [0.29, 0.717) is 17.4 Å². The van der Waals surface area contributed by atoms with Gasteiger partial charge in [-0.15, -0.1) is 10.2 Å². The number of aromatic nitrogens is 4. The first-order valence-electron chi connectivity index (χ1n) is 5.66. The molecule has 2 aromatic rings. The highest BCUT2D eigenvalue weighted by Crippen LogP contribution is 2.16. The SMILES string of the molecule is CC(C)C[C@@H](N)c1nnc2c(=O)n(C)ccn12. The summed E-state index contributed by atoms with van der Waals surface area (Å²) in [4.78, 5) is 11.8. The summed E-state index contributed by atoms with van der Waals surface area (Å²) in [6.07, 6.45) is 4.27. The van der Waals surface area contributed by atoms with Crippen LogP contribution in [0.25, 0.3) is 5.65 Å². The molecule has 2 heterocycles. The molecule has 0 spiro atoms. The summed E-state index contributed by atoms with van der Waals surface area (Å²) in [7, 11) is 1.69. The minimum absolute atomic E-state index is 0.164. The number of nitrogens with two attached hydrogens (primary N) is 1. The van der Waals surface area contributed by atoms with E-state index in [4.69, 9.17) is 5.73 Å². The topological polar surface area (TPSA) is 78.2 Å². The predicted molar refractivity (Wildman–Crippen MR) is 64.6 cm³/mol. The van der Waals surface area contributed by atoms with Gasteiger partial charge in [0.15, 0.2) is 5.82 Å². The highest BCUT2D eigenvalue weighted by atomic mass is 16.1. The molecule has 0 aliphatic carbocycles. The van der Waals surface area contributed by atoms with E-state index >= 15 is 0 Å². The van der Waals surface area contributed by atoms with Gasteiger partial charge in [0.25, 0.3) is 5.56 Å². The van der Waals surface area contributed by atoms with Crippen molar-refractivity contribution in [2.75, 3.05) is 0 Å². The van der Waals surface area contributed by atoms with Crippen molar-refractivity contribution in [1.29, 1.82) is 0 Å². The molecule has 0 aliphatic heterocycles. The Morgan fingerprint density at radius 2 is 2.06 bits per heavy atom. The van der Waals surface area contributed by atoms with E-state index < -0.39 is 0 Å². The lowest BCUT2D eigenvalue weighted by molar-refractivity contribution is 0.490. The van der Waals surface area contributed by atoms with Crippen LogP contribution < -0.4 is 11.3 Å². The van der Waals surface area contributed by atoms with Crippen molar-refractivity contribution >= 4 is 5.65 Å². The lowest BCUT2D eigenvalue weighted by Crippen LogP contribution is -2.21. The van der Waals surface area contributed by atoms with E-state index in [9.17, 15) is 4.79 Å². The van der Waals surface area contributed by atoms with E-state index in [1.165, 1.54) is 4.57 Å². The summed E-state index contributed by atoms with van der Waals surface area (Å²) < 4.78 is 3.15. The van der Waals surface area contributed by atoms with Crippen molar-refractivity contribution in [1.82, 2.24) is 19.2 Å². The van der Waals surface area contributed by atoms with Crippen molar-refractivity contribution in [2.24, 2.45) is 18.7 Å². The molecule has 0 radical (unpaired) electrons. The molecular formula is C11H17N5O. The van der Waals surface area contributed by atoms with Crippen LogP contribution in [0.1, 0.15) is 32.1 Å². The average Bonchev–Trinajstić information content (AvgIpc) is 2.67. The number of hydrogen-bond donors (Lipinski definition) is 1. The fraction of sp³-hybridized carbons (Fsp3) is 0.545. The molecule has 0 aliphatic rings. The van der Waals surface area contributed by atoms with Gasteiger partial charge in [-0.2, -0.15) is 0 Å². The van der Waals surface area contributed by atoms with Crippen molar-refractivity contribution in [3.63, 3.8) is 0 Å². The van der Waals surface area contributed by atoms with E-state index in [-0.39, 0.29) is 11.6 Å². The number of hydrogen-bond acceptors (Lipinski definition) is 4. The molecule has 0 unspecified atom stereocenters. The highest BCUT2D eigenvalue weighted by molar-refractivity contribution is 5.35. The predicted octanol–water partition coefficient (Wildman–Crippen LogP) is 0.474. The zero-order chi connectivity index (χ0) is 12.6. The second-order valence-electron chi connectivity index (χ2n) is 4.70. The minimum atomic E-state index is -0.197. The van der Waals surface area contributed by atoms with Crippen LogP contribution in [0.4, 0.5) is 0 Å². The molecule has 92 valence electrons. The molecule has 6 nitrogen and oxygen atoms in total. The van der Waals surface area contributed by atoms with Crippen LogP contribution in [0.3, 0.4) is 0 Å². The van der Waals surface area contributed by atoms with Crippen LogP contribution in [0.15, 0.2) is 17.2 Å². The van der Waals surface area contributed by atoms with Crippen molar-refractivity contribution in [2.45, 2.75) is 26.3 Å². The summed E-state index contributed by atoms with van der Waals surface area (Å²) in [5, 5.41) is 7.93. The van der Waals surface area contributed by atoms with Gasteiger partial charge in [0.2, 0.25) is 5.65 Å². The number of nitrogens with zero attached hydrogens (tertiary/aromatic N) is 4. The van der Waals surface area contributed by atoms with E-state index in [1.807, 2.05) is 0 Å². The molecule has 0 bridgehead atoms. The first kappa shape index (κ1) is 11.8. The Labute approximate surface area is 99.1 Å². The van der Waals surface area contributed by atoms with Crippen LogP contribution >= 0.6 is 0 Å². The molecule has 0 saturated heterocycles. The Morgan fingerprint density at radius 1 is 1.35 bits per heavy atom. The van der Waals surface area contributed by atoms with Gasteiger partial charge in [-0.1, -0.05) is 13.8 Å². The summed E-state index contributed by atoms with van der Waals surface area (Å²) >= 11 is 0. The Balaban J connectivity index is 2.50. The molecule has 0 aromatic carbocycles. The van der Waals surface area contributed by atoms with Gasteiger partial charge < -0.3 is 10.3 Å². The monoisotopic (exact) mass is 235 g/mol. The van der Waals surface area contributed by atoms with E-state index in [1.54, 1.807) is 23.8 Å². The summed E-state index contributed by atoms with van der Waals surface area (Å²) in [5.74, 6) is 1.12. The maximum absolute atomic E-state index is 11.8. The molecule has 1 atom stereocenters. The molecule has 2 aromatic heterocycles. The van der Waals surface area contributed by atoms with Gasteiger partial charge in [-0.05, 0) is 12.3 Å². The third-order valence-corrected chi connectivity index (χ3v) is 2.73. The Kier molecular flexibility index (Phi) is 2.97. The zero-order valence-corrected chi connectivity index (χ0v) is 10.3. The molecule has 0 saturated carbocycles. The van der Waals surface area contributed by atoms with Gasteiger partial charge in [0.1, 0.15) is 0 Å². The Bertz CT molecular complexity index is 583. The largest absolute Gasteiger partial charge is 0.321 e. The third-order valence-electron chi connectivity index (χ3n) is 2.73. The average molecular weight is 235 g/mol. The van der Waals surface area contributed by atoms with Gasteiger partial charge in [0.05, 0.1) is 6.04 Å². The first-order valence-corrected chi connectivity index (χ1v) is 5.66. The van der Waals surface area contributed by atoms with Crippen LogP contribution in [-0.2, 0) is 7.05 Å². The van der Waals surface area contributed by atoms with Crippen molar-refractivity contribution in [3.05, 3.63) is 28.6 Å². The fourth-order valence-electron chi connectivity index (χ4n) is 1.85. The standard InChI is InChI=1S/C11H17N5O/c1-7(2)6-8(12)9-13-14-10-11(17)15(3)4-5-16(9)10/h4-5,7-8H,6,12H2,1-3H3/t8-/m1/s1. The number of aryl methyl sites for hydroxylation is 1. The Hall–Kier alpha value is -1.69. The summed E-state index contributed by atoms with van der Waals surface area (Å²) in [5.41, 5.74) is 6.22. The third kappa shape index (κ3) is 2.08. The zero-order valence-electron chi connectivity index (χ0n) is 10.3. The quantitative estimate of drug-likeness (QED) is 0.839. The summed E-state index contributed by atoms with van der Waals surface area (Å²) in [6.45, 7) is 4.20. The Morgan fingerprint density at radius 3 is 2.71 bits per heavy atom. The second-order valence-corrected chi connectivity index (χ2v) is 4.70. The normalized spacial score (nSPS) is 13.5. The van der Waals surface area contributed by atoms with Gasteiger partial charge in [-0.3, -0.25) is 9.20 Å².